The number of piperidine rings is 1. The van der Waals surface area contributed by atoms with Crippen molar-refractivity contribution in [3.63, 3.8) is 0 Å². The Hall–Kier alpha value is -2.08. The minimum absolute atomic E-state index is 0.0679. The summed E-state index contributed by atoms with van der Waals surface area (Å²) in [6, 6.07) is 4.64. The highest BCUT2D eigenvalue weighted by Gasteiger charge is 2.41. The van der Waals surface area contributed by atoms with E-state index in [1.54, 1.807) is 23.1 Å². The first kappa shape index (κ1) is 16.4. The number of hydrogen-bond acceptors (Lipinski definition) is 3. The van der Waals surface area contributed by atoms with Crippen LogP contribution in [0.1, 0.15) is 42.5 Å². The minimum Gasteiger partial charge on any atom is -0.352 e. The summed E-state index contributed by atoms with van der Waals surface area (Å²) in [5.41, 5.74) is 0.865. The van der Waals surface area contributed by atoms with E-state index in [-0.39, 0.29) is 30.3 Å². The minimum atomic E-state index is -0.499. The molecule has 0 spiro atoms. The van der Waals surface area contributed by atoms with Crippen LogP contribution in [0, 0.1) is 0 Å². The zero-order chi connectivity index (χ0) is 17.6. The van der Waals surface area contributed by atoms with Gasteiger partial charge in [0.25, 0.3) is 5.91 Å². The Morgan fingerprint density at radius 2 is 2.00 bits per heavy atom. The van der Waals surface area contributed by atoms with Crippen molar-refractivity contribution in [2.75, 3.05) is 18.0 Å². The van der Waals surface area contributed by atoms with Gasteiger partial charge in [0, 0.05) is 17.6 Å². The monoisotopic (exact) mass is 361 g/mol. The highest BCUT2D eigenvalue weighted by Crippen LogP contribution is 2.33. The zero-order valence-electron chi connectivity index (χ0n) is 13.8. The van der Waals surface area contributed by atoms with Crippen molar-refractivity contribution in [2.45, 2.75) is 44.2 Å². The van der Waals surface area contributed by atoms with Crippen molar-refractivity contribution in [3.05, 3.63) is 28.8 Å². The molecule has 4 rings (SSSR count). The van der Waals surface area contributed by atoms with Crippen LogP contribution in [0.2, 0.25) is 5.02 Å². The van der Waals surface area contributed by atoms with Crippen LogP contribution in [0.3, 0.4) is 0 Å². The van der Waals surface area contributed by atoms with Gasteiger partial charge in [0.15, 0.2) is 0 Å². The summed E-state index contributed by atoms with van der Waals surface area (Å²) < 4.78 is 0. The predicted molar refractivity (Wildman–Crippen MR) is 93.6 cm³/mol. The van der Waals surface area contributed by atoms with E-state index < -0.39 is 6.04 Å². The van der Waals surface area contributed by atoms with Crippen LogP contribution in [0.4, 0.5) is 5.69 Å². The summed E-state index contributed by atoms with van der Waals surface area (Å²) in [5.74, 6) is -0.547. The maximum atomic E-state index is 13.1. The van der Waals surface area contributed by atoms with Crippen molar-refractivity contribution in [1.29, 1.82) is 0 Å². The number of fused-ring (bicyclic) bond motifs is 2. The number of rotatable bonds is 3. The second-order valence-corrected chi connectivity index (χ2v) is 7.37. The molecule has 132 valence electrons. The maximum absolute atomic E-state index is 13.1. The molecule has 3 amide bonds. The average molecular weight is 362 g/mol. The number of nitrogens with one attached hydrogen (secondary N) is 1. The van der Waals surface area contributed by atoms with Crippen LogP contribution in [0.15, 0.2) is 18.2 Å². The normalized spacial score (nSPS) is 23.0. The summed E-state index contributed by atoms with van der Waals surface area (Å²) >= 11 is 6.08. The quantitative estimate of drug-likeness (QED) is 0.894. The summed E-state index contributed by atoms with van der Waals surface area (Å²) in [4.78, 5) is 41.5. The third-order valence-electron chi connectivity index (χ3n) is 5.04. The number of carbonyl (C=O) groups is 3. The smallest absolute Gasteiger partial charge is 0.256 e. The molecule has 6 nitrogen and oxygen atoms in total. The molecule has 2 aliphatic heterocycles. The molecule has 25 heavy (non-hydrogen) atoms. The van der Waals surface area contributed by atoms with Gasteiger partial charge in [-0.25, -0.2) is 0 Å². The Morgan fingerprint density at radius 3 is 2.76 bits per heavy atom. The van der Waals surface area contributed by atoms with Crippen molar-refractivity contribution in [3.8, 4) is 0 Å². The number of carbonyl (C=O) groups excluding carboxylic acids is 3. The van der Waals surface area contributed by atoms with Crippen molar-refractivity contribution in [1.82, 2.24) is 10.2 Å². The lowest BCUT2D eigenvalue weighted by Crippen LogP contribution is -2.52. The Balaban J connectivity index is 1.72. The van der Waals surface area contributed by atoms with Gasteiger partial charge >= 0.3 is 0 Å². The van der Waals surface area contributed by atoms with E-state index in [1.165, 1.54) is 4.90 Å². The van der Waals surface area contributed by atoms with E-state index >= 15 is 0 Å². The molecule has 3 aliphatic rings. The fourth-order valence-electron chi connectivity index (χ4n) is 3.61. The van der Waals surface area contributed by atoms with Crippen LogP contribution in [0.25, 0.3) is 0 Å². The second-order valence-electron chi connectivity index (χ2n) is 6.94. The lowest BCUT2D eigenvalue weighted by atomic mass is 10.0. The number of amides is 3. The topological polar surface area (TPSA) is 69.7 Å². The lowest BCUT2D eigenvalue weighted by molar-refractivity contribution is -0.126. The van der Waals surface area contributed by atoms with Crippen LogP contribution < -0.4 is 10.2 Å². The van der Waals surface area contributed by atoms with E-state index in [9.17, 15) is 14.4 Å². The summed E-state index contributed by atoms with van der Waals surface area (Å²) in [6.45, 7) is 0.491. The molecule has 1 N–H and O–H groups in total. The van der Waals surface area contributed by atoms with Gasteiger partial charge in [-0.05, 0) is 50.3 Å². The highest BCUT2D eigenvalue weighted by atomic mass is 35.5. The molecule has 1 aromatic rings. The fourth-order valence-corrected chi connectivity index (χ4v) is 3.78. The van der Waals surface area contributed by atoms with E-state index in [2.05, 4.69) is 5.32 Å². The van der Waals surface area contributed by atoms with Crippen molar-refractivity contribution < 1.29 is 14.4 Å². The van der Waals surface area contributed by atoms with Crippen LogP contribution in [-0.2, 0) is 9.59 Å². The molecule has 0 radical (unpaired) electrons. The molecule has 2 fully saturated rings. The molecule has 7 heteroatoms. The molecular weight excluding hydrogens is 342 g/mol. The third kappa shape index (κ3) is 3.11. The van der Waals surface area contributed by atoms with Gasteiger partial charge < -0.3 is 15.1 Å². The van der Waals surface area contributed by atoms with Gasteiger partial charge in [-0.3, -0.25) is 14.4 Å². The van der Waals surface area contributed by atoms with Gasteiger partial charge in [-0.1, -0.05) is 11.6 Å². The van der Waals surface area contributed by atoms with Crippen LogP contribution in [0.5, 0.6) is 0 Å². The predicted octanol–water partition coefficient (Wildman–Crippen LogP) is 1.96. The Kier molecular flexibility index (Phi) is 4.15. The summed E-state index contributed by atoms with van der Waals surface area (Å²) in [7, 11) is 0. The maximum Gasteiger partial charge on any atom is 0.256 e. The standard InChI is InChI=1S/C18H20ClN3O3/c19-11-4-7-14-13(9-11)17(24)21-8-2-1-3-15(21)18(25)22(14)10-16(23)20-12-5-6-12/h4,7,9,12,15H,1-3,5-6,8,10H2,(H,20,23). The number of anilines is 1. The van der Waals surface area contributed by atoms with Crippen LogP contribution in [-0.4, -0.2) is 47.8 Å². The molecule has 1 aliphatic carbocycles. The number of benzene rings is 1. The molecule has 1 aromatic carbocycles. The van der Waals surface area contributed by atoms with E-state index in [0.29, 0.717) is 29.2 Å². The molecule has 2 heterocycles. The first-order valence-electron chi connectivity index (χ1n) is 8.76. The number of nitrogens with zero attached hydrogens (tertiary/aromatic N) is 2. The molecule has 0 aromatic heterocycles. The molecule has 1 atom stereocenters. The Morgan fingerprint density at radius 1 is 1.20 bits per heavy atom. The highest BCUT2D eigenvalue weighted by molar-refractivity contribution is 6.31. The molecule has 1 saturated carbocycles. The number of halogens is 1. The average Bonchev–Trinajstić information content (AvgIpc) is 3.42. The SMILES string of the molecule is O=C(CN1C(=O)C2CCCCN2C(=O)c2cc(Cl)ccc21)NC1CC1. The van der Waals surface area contributed by atoms with Gasteiger partial charge in [0.05, 0.1) is 11.3 Å². The lowest BCUT2D eigenvalue weighted by Gasteiger charge is -2.34. The summed E-state index contributed by atoms with van der Waals surface area (Å²) in [6.07, 6.45) is 4.39. The van der Waals surface area contributed by atoms with E-state index in [0.717, 1.165) is 25.7 Å². The van der Waals surface area contributed by atoms with Gasteiger partial charge in [0.2, 0.25) is 11.8 Å². The first-order chi connectivity index (χ1) is 12.0. The van der Waals surface area contributed by atoms with Gasteiger partial charge in [-0.15, -0.1) is 0 Å². The van der Waals surface area contributed by atoms with Gasteiger partial charge in [-0.2, -0.15) is 0 Å². The second kappa shape index (κ2) is 6.33. The van der Waals surface area contributed by atoms with Crippen LogP contribution >= 0.6 is 11.6 Å². The molecule has 1 unspecified atom stereocenters. The van der Waals surface area contributed by atoms with Gasteiger partial charge in [0.1, 0.15) is 12.6 Å². The summed E-state index contributed by atoms with van der Waals surface area (Å²) in [5, 5.41) is 3.35. The molecule has 1 saturated heterocycles. The molecule has 0 bridgehead atoms. The Labute approximate surface area is 151 Å². The Bertz CT molecular complexity index is 747. The number of hydrogen-bond donors (Lipinski definition) is 1. The van der Waals surface area contributed by atoms with E-state index in [1.807, 2.05) is 0 Å². The molecular formula is C18H20ClN3O3. The largest absolute Gasteiger partial charge is 0.352 e. The fraction of sp³-hybridized carbons (Fsp3) is 0.500. The van der Waals surface area contributed by atoms with E-state index in [4.69, 9.17) is 11.6 Å². The first-order valence-corrected chi connectivity index (χ1v) is 9.13. The van der Waals surface area contributed by atoms with Crippen molar-refractivity contribution in [2.24, 2.45) is 0 Å². The third-order valence-corrected chi connectivity index (χ3v) is 5.27. The zero-order valence-corrected chi connectivity index (χ0v) is 14.6. The van der Waals surface area contributed by atoms with Crippen molar-refractivity contribution >= 4 is 35.0 Å².